The molecule has 2 aliphatic heterocycles. The summed E-state index contributed by atoms with van der Waals surface area (Å²) in [5.74, 6) is -0.257. The Bertz CT molecular complexity index is 789. The number of carbonyl (C=O) groups is 1. The zero-order chi connectivity index (χ0) is 18.7. The molecule has 4 nitrogen and oxygen atoms in total. The zero-order valence-corrected chi connectivity index (χ0v) is 16.5. The molecule has 1 spiro atoms. The molecule has 2 aromatic rings. The summed E-state index contributed by atoms with van der Waals surface area (Å²) in [4.78, 5) is 16.4. The Morgan fingerprint density at radius 1 is 1.04 bits per heavy atom. The summed E-state index contributed by atoms with van der Waals surface area (Å²) in [6.45, 7) is 4.18. The standard InChI is InChI=1S/C22H25NO3S/c1-27-20-7-5-18(6-8-20)21(24)19-4-2-3-17(15-19)16-23-11-9-22(10-12-23)25-13-14-26-22/h2-8,15H,9-14,16H2,1H3. The van der Waals surface area contributed by atoms with E-state index in [0.29, 0.717) is 13.2 Å². The minimum absolute atomic E-state index is 0.0786. The van der Waals surface area contributed by atoms with Crippen LogP contribution in [0.4, 0.5) is 0 Å². The molecule has 2 heterocycles. The lowest BCUT2D eigenvalue weighted by molar-refractivity contribution is -0.185. The first kappa shape index (κ1) is 18.7. The smallest absolute Gasteiger partial charge is 0.193 e. The van der Waals surface area contributed by atoms with Crippen LogP contribution in [0.2, 0.25) is 0 Å². The van der Waals surface area contributed by atoms with Gasteiger partial charge in [0.1, 0.15) is 0 Å². The van der Waals surface area contributed by atoms with Gasteiger partial charge in [-0.2, -0.15) is 0 Å². The molecule has 0 aliphatic carbocycles. The maximum absolute atomic E-state index is 12.8. The highest BCUT2D eigenvalue weighted by molar-refractivity contribution is 7.98. The molecule has 2 saturated heterocycles. The van der Waals surface area contributed by atoms with Crippen molar-refractivity contribution in [1.82, 2.24) is 4.90 Å². The highest BCUT2D eigenvalue weighted by atomic mass is 32.2. The maximum atomic E-state index is 12.8. The summed E-state index contributed by atoms with van der Waals surface area (Å²) in [6, 6.07) is 15.8. The van der Waals surface area contributed by atoms with Gasteiger partial charge in [0.2, 0.25) is 0 Å². The van der Waals surface area contributed by atoms with Crippen molar-refractivity contribution >= 4 is 17.5 Å². The number of ketones is 1. The minimum Gasteiger partial charge on any atom is -0.347 e. The van der Waals surface area contributed by atoms with Crippen LogP contribution in [0, 0.1) is 0 Å². The maximum Gasteiger partial charge on any atom is 0.193 e. The summed E-state index contributed by atoms with van der Waals surface area (Å²) in [5, 5.41) is 0. The largest absolute Gasteiger partial charge is 0.347 e. The second-order valence-electron chi connectivity index (χ2n) is 7.14. The molecule has 5 heteroatoms. The van der Waals surface area contributed by atoms with E-state index in [0.717, 1.165) is 43.6 Å². The quantitative estimate of drug-likeness (QED) is 0.577. The summed E-state index contributed by atoms with van der Waals surface area (Å²) in [6.07, 6.45) is 3.86. The summed E-state index contributed by atoms with van der Waals surface area (Å²) < 4.78 is 11.6. The van der Waals surface area contributed by atoms with Gasteiger partial charge in [-0.15, -0.1) is 11.8 Å². The Balaban J connectivity index is 1.41. The molecule has 4 rings (SSSR count). The average Bonchev–Trinajstić information content (AvgIpc) is 3.18. The van der Waals surface area contributed by atoms with Crippen molar-refractivity contribution in [1.29, 1.82) is 0 Å². The van der Waals surface area contributed by atoms with Crippen molar-refractivity contribution in [2.24, 2.45) is 0 Å². The monoisotopic (exact) mass is 383 g/mol. The van der Waals surface area contributed by atoms with Crippen molar-refractivity contribution in [3.8, 4) is 0 Å². The molecule has 0 atom stereocenters. The van der Waals surface area contributed by atoms with Gasteiger partial charge >= 0.3 is 0 Å². The predicted octanol–water partition coefficient (Wildman–Crippen LogP) is 3.98. The van der Waals surface area contributed by atoms with Gasteiger partial charge < -0.3 is 9.47 Å². The number of hydrogen-bond donors (Lipinski definition) is 0. The van der Waals surface area contributed by atoms with Crippen LogP contribution in [-0.4, -0.2) is 49.0 Å². The number of hydrogen-bond acceptors (Lipinski definition) is 5. The van der Waals surface area contributed by atoms with E-state index in [1.54, 1.807) is 11.8 Å². The van der Waals surface area contributed by atoms with E-state index < -0.39 is 0 Å². The van der Waals surface area contributed by atoms with Crippen LogP contribution in [0.3, 0.4) is 0 Å². The Kier molecular flexibility index (Phi) is 5.64. The molecule has 27 heavy (non-hydrogen) atoms. The molecular formula is C22H25NO3S. The van der Waals surface area contributed by atoms with Gasteiger partial charge in [-0.05, 0) is 42.2 Å². The van der Waals surface area contributed by atoms with E-state index in [1.165, 1.54) is 10.5 Å². The van der Waals surface area contributed by atoms with Crippen molar-refractivity contribution in [3.63, 3.8) is 0 Å². The van der Waals surface area contributed by atoms with Crippen LogP contribution in [0.15, 0.2) is 53.4 Å². The lowest BCUT2D eigenvalue weighted by Crippen LogP contribution is -2.44. The van der Waals surface area contributed by atoms with Crippen LogP contribution in [-0.2, 0) is 16.0 Å². The molecule has 0 N–H and O–H groups in total. The zero-order valence-electron chi connectivity index (χ0n) is 15.6. The molecule has 0 saturated carbocycles. The number of piperidine rings is 1. The third-order valence-corrected chi connectivity index (χ3v) is 6.12. The molecule has 0 unspecified atom stereocenters. The van der Waals surface area contributed by atoms with Gasteiger partial charge in [0, 0.05) is 48.5 Å². The van der Waals surface area contributed by atoms with Crippen LogP contribution in [0.25, 0.3) is 0 Å². The van der Waals surface area contributed by atoms with Crippen LogP contribution in [0.5, 0.6) is 0 Å². The summed E-state index contributed by atoms with van der Waals surface area (Å²) in [7, 11) is 0. The Hall–Kier alpha value is -1.66. The fourth-order valence-electron chi connectivity index (χ4n) is 3.82. The second-order valence-corrected chi connectivity index (χ2v) is 8.02. The molecule has 2 aliphatic rings. The number of carbonyl (C=O) groups excluding carboxylic acids is 1. The van der Waals surface area contributed by atoms with E-state index in [9.17, 15) is 4.79 Å². The molecule has 2 aromatic carbocycles. The topological polar surface area (TPSA) is 38.8 Å². The second kappa shape index (κ2) is 8.15. The van der Waals surface area contributed by atoms with Crippen molar-refractivity contribution in [2.45, 2.75) is 30.1 Å². The van der Waals surface area contributed by atoms with Gasteiger partial charge in [0.25, 0.3) is 0 Å². The molecule has 0 amide bonds. The SMILES string of the molecule is CSc1ccc(C(=O)c2cccc(CN3CCC4(CC3)OCCO4)c2)cc1. The lowest BCUT2D eigenvalue weighted by Gasteiger charge is -2.37. The van der Waals surface area contributed by atoms with Gasteiger partial charge in [0.15, 0.2) is 11.6 Å². The van der Waals surface area contributed by atoms with Gasteiger partial charge in [-0.1, -0.05) is 18.2 Å². The van der Waals surface area contributed by atoms with Crippen molar-refractivity contribution in [3.05, 3.63) is 65.2 Å². The van der Waals surface area contributed by atoms with E-state index >= 15 is 0 Å². The number of nitrogens with zero attached hydrogens (tertiary/aromatic N) is 1. The Morgan fingerprint density at radius 2 is 1.74 bits per heavy atom. The van der Waals surface area contributed by atoms with Gasteiger partial charge in [-0.3, -0.25) is 9.69 Å². The molecule has 0 aromatic heterocycles. The number of ether oxygens (including phenoxy) is 2. The number of rotatable bonds is 5. The first-order valence-corrected chi connectivity index (χ1v) is 10.7. The minimum atomic E-state index is -0.336. The van der Waals surface area contributed by atoms with Crippen LogP contribution >= 0.6 is 11.8 Å². The Labute approximate surface area is 164 Å². The number of likely N-dealkylation sites (tertiary alicyclic amines) is 1. The third kappa shape index (κ3) is 4.27. The third-order valence-electron chi connectivity index (χ3n) is 5.38. The van der Waals surface area contributed by atoms with E-state index in [-0.39, 0.29) is 11.6 Å². The van der Waals surface area contributed by atoms with Crippen molar-refractivity contribution in [2.75, 3.05) is 32.6 Å². The predicted molar refractivity (Wildman–Crippen MR) is 107 cm³/mol. The fourth-order valence-corrected chi connectivity index (χ4v) is 4.22. The highest BCUT2D eigenvalue weighted by Gasteiger charge is 2.39. The molecule has 2 fully saturated rings. The molecule has 0 bridgehead atoms. The molecular weight excluding hydrogens is 358 g/mol. The van der Waals surface area contributed by atoms with Crippen molar-refractivity contribution < 1.29 is 14.3 Å². The summed E-state index contributed by atoms with van der Waals surface area (Å²) >= 11 is 1.68. The lowest BCUT2D eigenvalue weighted by atomic mass is 10.00. The van der Waals surface area contributed by atoms with E-state index in [1.807, 2.05) is 48.7 Å². The highest BCUT2D eigenvalue weighted by Crippen LogP contribution is 2.31. The number of thioether (sulfide) groups is 1. The first-order chi connectivity index (χ1) is 13.2. The van der Waals surface area contributed by atoms with E-state index in [2.05, 4.69) is 11.0 Å². The number of benzene rings is 2. The summed E-state index contributed by atoms with van der Waals surface area (Å²) in [5.41, 5.74) is 2.66. The molecule has 0 radical (unpaired) electrons. The normalized spacial score (nSPS) is 19.4. The van der Waals surface area contributed by atoms with Crippen LogP contribution < -0.4 is 0 Å². The Morgan fingerprint density at radius 3 is 2.41 bits per heavy atom. The molecule has 142 valence electrons. The van der Waals surface area contributed by atoms with Crippen LogP contribution in [0.1, 0.15) is 34.3 Å². The fraction of sp³-hybridized carbons (Fsp3) is 0.409. The van der Waals surface area contributed by atoms with Gasteiger partial charge in [0.05, 0.1) is 13.2 Å². The van der Waals surface area contributed by atoms with E-state index in [4.69, 9.17) is 9.47 Å². The first-order valence-electron chi connectivity index (χ1n) is 9.45. The average molecular weight is 384 g/mol. The van der Waals surface area contributed by atoms with Gasteiger partial charge in [-0.25, -0.2) is 0 Å².